The highest BCUT2D eigenvalue weighted by Gasteiger charge is 2.46. The fourth-order valence-corrected chi connectivity index (χ4v) is 4.88. The van der Waals surface area contributed by atoms with Crippen LogP contribution in [-0.2, 0) is 4.79 Å². The predicted molar refractivity (Wildman–Crippen MR) is 100 cm³/mol. The number of carbonyl (C=O) groups excluding carboxylic acids is 1. The number of ether oxygens (including phenoxy) is 1. The quantitative estimate of drug-likeness (QED) is 0.888. The summed E-state index contributed by atoms with van der Waals surface area (Å²) in [7, 11) is 2.12. The molecule has 3 saturated heterocycles. The van der Waals surface area contributed by atoms with Crippen LogP contribution in [0.1, 0.15) is 32.1 Å². The van der Waals surface area contributed by atoms with Crippen LogP contribution in [0.4, 0.5) is 0 Å². The minimum Gasteiger partial charge on any atom is -0.490 e. The SMILES string of the molecule is CN1CC2(CCNCC2)C[C@@H]1C(=O)N1CCC(Oc2ccncc2)CC1. The topological polar surface area (TPSA) is 57.7 Å². The molecule has 142 valence electrons. The van der Waals surface area contributed by atoms with E-state index in [9.17, 15) is 4.79 Å². The molecule has 26 heavy (non-hydrogen) atoms. The van der Waals surface area contributed by atoms with E-state index in [0.29, 0.717) is 11.3 Å². The molecule has 0 aromatic carbocycles. The Morgan fingerprint density at radius 3 is 2.62 bits per heavy atom. The number of aromatic nitrogens is 1. The Morgan fingerprint density at radius 2 is 1.92 bits per heavy atom. The molecule has 0 unspecified atom stereocenters. The second kappa shape index (κ2) is 7.53. The van der Waals surface area contributed by atoms with Gasteiger partial charge in [0.25, 0.3) is 0 Å². The van der Waals surface area contributed by atoms with Crippen LogP contribution in [0.3, 0.4) is 0 Å². The molecule has 3 aliphatic heterocycles. The first-order chi connectivity index (χ1) is 12.7. The van der Waals surface area contributed by atoms with Crippen molar-refractivity contribution < 1.29 is 9.53 Å². The number of rotatable bonds is 3. The van der Waals surface area contributed by atoms with Crippen LogP contribution in [0, 0.1) is 5.41 Å². The largest absolute Gasteiger partial charge is 0.490 e. The van der Waals surface area contributed by atoms with Gasteiger partial charge in [0.1, 0.15) is 11.9 Å². The fourth-order valence-electron chi connectivity index (χ4n) is 4.88. The maximum Gasteiger partial charge on any atom is 0.239 e. The molecule has 0 aliphatic carbocycles. The van der Waals surface area contributed by atoms with E-state index in [1.807, 2.05) is 12.1 Å². The Hall–Kier alpha value is -1.66. The molecule has 6 heteroatoms. The summed E-state index contributed by atoms with van der Waals surface area (Å²) in [6.45, 7) is 4.84. The van der Waals surface area contributed by atoms with Gasteiger partial charge in [-0.05, 0) is 56.9 Å². The highest BCUT2D eigenvalue weighted by Crippen LogP contribution is 2.41. The van der Waals surface area contributed by atoms with Gasteiger partial charge in [0.05, 0.1) is 6.04 Å². The summed E-state index contributed by atoms with van der Waals surface area (Å²) >= 11 is 0. The maximum atomic E-state index is 13.1. The highest BCUT2D eigenvalue weighted by atomic mass is 16.5. The minimum atomic E-state index is 0.0609. The third kappa shape index (κ3) is 3.71. The molecule has 1 spiro atoms. The molecular formula is C20H30N4O2. The molecule has 4 rings (SSSR count). The first-order valence-electron chi connectivity index (χ1n) is 9.92. The second-order valence-electron chi connectivity index (χ2n) is 8.21. The number of likely N-dealkylation sites (tertiary alicyclic amines) is 2. The van der Waals surface area contributed by atoms with E-state index in [2.05, 4.69) is 27.1 Å². The molecule has 1 amide bonds. The van der Waals surface area contributed by atoms with Crippen LogP contribution in [0.5, 0.6) is 5.75 Å². The van der Waals surface area contributed by atoms with E-state index in [0.717, 1.165) is 57.7 Å². The smallest absolute Gasteiger partial charge is 0.239 e. The number of carbonyl (C=O) groups is 1. The lowest BCUT2D eigenvalue weighted by molar-refractivity contribution is -0.137. The molecule has 4 heterocycles. The lowest BCUT2D eigenvalue weighted by atomic mass is 9.77. The summed E-state index contributed by atoms with van der Waals surface area (Å²) in [5, 5.41) is 3.45. The van der Waals surface area contributed by atoms with Gasteiger partial charge in [0.15, 0.2) is 0 Å². The molecule has 1 atom stereocenters. The minimum absolute atomic E-state index is 0.0609. The zero-order valence-electron chi connectivity index (χ0n) is 15.7. The van der Waals surface area contributed by atoms with E-state index in [4.69, 9.17) is 4.74 Å². The molecule has 1 aromatic rings. The molecular weight excluding hydrogens is 328 g/mol. The van der Waals surface area contributed by atoms with Crippen LogP contribution < -0.4 is 10.1 Å². The van der Waals surface area contributed by atoms with Gasteiger partial charge in [-0.1, -0.05) is 0 Å². The van der Waals surface area contributed by atoms with Crippen LogP contribution in [-0.4, -0.2) is 72.6 Å². The van der Waals surface area contributed by atoms with Crippen molar-refractivity contribution in [2.75, 3.05) is 39.8 Å². The monoisotopic (exact) mass is 358 g/mol. The van der Waals surface area contributed by atoms with Crippen LogP contribution in [0.25, 0.3) is 0 Å². The lowest BCUT2D eigenvalue weighted by Gasteiger charge is -2.35. The van der Waals surface area contributed by atoms with Crippen molar-refractivity contribution >= 4 is 5.91 Å². The van der Waals surface area contributed by atoms with E-state index >= 15 is 0 Å². The van der Waals surface area contributed by atoms with Gasteiger partial charge >= 0.3 is 0 Å². The lowest BCUT2D eigenvalue weighted by Crippen LogP contribution is -2.48. The number of hydrogen-bond acceptors (Lipinski definition) is 5. The summed E-state index contributed by atoms with van der Waals surface area (Å²) < 4.78 is 6.02. The highest BCUT2D eigenvalue weighted by molar-refractivity contribution is 5.82. The summed E-state index contributed by atoms with van der Waals surface area (Å²) in [6, 6.07) is 3.85. The summed E-state index contributed by atoms with van der Waals surface area (Å²) in [4.78, 5) is 21.5. The number of nitrogens with zero attached hydrogens (tertiary/aromatic N) is 3. The average Bonchev–Trinajstić information content (AvgIpc) is 2.99. The standard InChI is InChI=1S/C20H30N4O2/c1-23-15-20(6-10-22-11-7-20)14-18(23)19(25)24-12-4-17(5-13-24)26-16-2-8-21-9-3-16/h2-3,8-9,17-18,22H,4-7,10-15H2,1H3/t18-/m1/s1. The summed E-state index contributed by atoms with van der Waals surface area (Å²) in [5.74, 6) is 1.19. The van der Waals surface area contributed by atoms with E-state index in [1.165, 1.54) is 12.8 Å². The fraction of sp³-hybridized carbons (Fsp3) is 0.700. The Morgan fingerprint density at radius 1 is 1.23 bits per heavy atom. The van der Waals surface area contributed by atoms with Crippen LogP contribution in [0.2, 0.25) is 0 Å². The number of pyridine rings is 1. The average molecular weight is 358 g/mol. The summed E-state index contributed by atoms with van der Waals surface area (Å²) in [6.07, 6.45) is 8.92. The van der Waals surface area contributed by atoms with Crippen molar-refractivity contribution in [2.24, 2.45) is 5.41 Å². The first-order valence-corrected chi connectivity index (χ1v) is 9.92. The molecule has 1 N–H and O–H groups in total. The van der Waals surface area contributed by atoms with Crippen molar-refractivity contribution in [3.8, 4) is 5.75 Å². The van der Waals surface area contributed by atoms with Crippen molar-refractivity contribution in [2.45, 2.75) is 44.2 Å². The Kier molecular flexibility index (Phi) is 5.14. The number of amides is 1. The molecule has 0 radical (unpaired) electrons. The van der Waals surface area contributed by atoms with Gasteiger partial charge < -0.3 is 15.0 Å². The van der Waals surface area contributed by atoms with Crippen molar-refractivity contribution in [1.29, 1.82) is 0 Å². The van der Waals surface area contributed by atoms with Crippen molar-refractivity contribution in [3.63, 3.8) is 0 Å². The number of hydrogen-bond donors (Lipinski definition) is 1. The first kappa shape index (κ1) is 17.7. The third-order valence-corrected chi connectivity index (χ3v) is 6.40. The van der Waals surface area contributed by atoms with Gasteiger partial charge in [-0.25, -0.2) is 0 Å². The van der Waals surface area contributed by atoms with Crippen molar-refractivity contribution in [1.82, 2.24) is 20.1 Å². The van der Waals surface area contributed by atoms with Gasteiger partial charge in [-0.3, -0.25) is 14.7 Å². The number of piperidine rings is 2. The van der Waals surface area contributed by atoms with E-state index in [1.54, 1.807) is 12.4 Å². The Labute approximate surface area is 155 Å². The Balaban J connectivity index is 1.31. The molecule has 0 bridgehead atoms. The maximum absolute atomic E-state index is 13.1. The zero-order valence-corrected chi connectivity index (χ0v) is 15.7. The molecule has 3 aliphatic rings. The molecule has 1 aromatic heterocycles. The van der Waals surface area contributed by atoms with E-state index < -0.39 is 0 Å². The van der Waals surface area contributed by atoms with Crippen LogP contribution >= 0.6 is 0 Å². The Bertz CT molecular complexity index is 609. The molecule has 0 saturated carbocycles. The summed E-state index contributed by atoms with van der Waals surface area (Å²) in [5.41, 5.74) is 0.350. The van der Waals surface area contributed by atoms with Gasteiger partial charge in [-0.2, -0.15) is 0 Å². The number of likely N-dealkylation sites (N-methyl/N-ethyl adjacent to an activating group) is 1. The predicted octanol–water partition coefficient (Wildman–Crippen LogP) is 1.53. The number of nitrogens with one attached hydrogen (secondary N) is 1. The third-order valence-electron chi connectivity index (χ3n) is 6.40. The van der Waals surface area contributed by atoms with Crippen molar-refractivity contribution in [3.05, 3.63) is 24.5 Å². The second-order valence-corrected chi connectivity index (χ2v) is 8.21. The zero-order chi connectivity index (χ0) is 18.0. The normalized spacial score (nSPS) is 27.0. The molecule has 3 fully saturated rings. The van der Waals surface area contributed by atoms with Gasteiger partial charge in [0, 0.05) is 44.9 Å². The van der Waals surface area contributed by atoms with Crippen LogP contribution in [0.15, 0.2) is 24.5 Å². The van der Waals surface area contributed by atoms with E-state index in [-0.39, 0.29) is 12.1 Å². The molecule has 6 nitrogen and oxygen atoms in total. The van der Waals surface area contributed by atoms with Gasteiger partial charge in [0.2, 0.25) is 5.91 Å². The van der Waals surface area contributed by atoms with Gasteiger partial charge in [-0.15, -0.1) is 0 Å².